The summed E-state index contributed by atoms with van der Waals surface area (Å²) in [7, 11) is 2.00. The van der Waals surface area contributed by atoms with Gasteiger partial charge in [-0.25, -0.2) is 0 Å². The van der Waals surface area contributed by atoms with Gasteiger partial charge in [-0.1, -0.05) is 15.9 Å². The summed E-state index contributed by atoms with van der Waals surface area (Å²) in [5.74, 6) is 0. The van der Waals surface area contributed by atoms with Crippen LogP contribution < -0.4 is 0 Å². The molecule has 0 N–H and O–H groups in total. The van der Waals surface area contributed by atoms with Gasteiger partial charge in [-0.2, -0.15) is 5.10 Å². The normalized spacial score (nSPS) is 26.0. The Morgan fingerprint density at radius 3 is 3.07 bits per heavy atom. The summed E-state index contributed by atoms with van der Waals surface area (Å²) in [5, 5.41) is 5.22. The van der Waals surface area contributed by atoms with Crippen molar-refractivity contribution in [1.29, 1.82) is 0 Å². The van der Waals surface area contributed by atoms with E-state index in [0.29, 0.717) is 5.41 Å². The Morgan fingerprint density at radius 2 is 2.53 bits per heavy atom. The van der Waals surface area contributed by atoms with Gasteiger partial charge in [0.15, 0.2) is 0 Å². The molecule has 1 atom stereocenters. The Bertz CT molecular complexity index is 318. The lowest BCUT2D eigenvalue weighted by Crippen LogP contribution is -2.24. The number of aromatic nitrogens is 2. The molecular weight excluding hydrogens is 256 g/mol. The molecule has 84 valence electrons. The Balaban J connectivity index is 1.94. The molecule has 2 heterocycles. The van der Waals surface area contributed by atoms with Gasteiger partial charge in [0.2, 0.25) is 0 Å². The van der Waals surface area contributed by atoms with Crippen molar-refractivity contribution in [2.24, 2.45) is 12.5 Å². The van der Waals surface area contributed by atoms with Crippen LogP contribution in [0.5, 0.6) is 0 Å². The first-order valence-electron chi connectivity index (χ1n) is 5.36. The molecule has 1 unspecified atom stereocenters. The number of nitrogens with zero attached hydrogens (tertiary/aromatic N) is 2. The number of ether oxygens (including phenoxy) is 1. The molecule has 1 saturated heterocycles. The predicted molar refractivity (Wildman–Crippen MR) is 63.2 cm³/mol. The minimum absolute atomic E-state index is 0.351. The molecular formula is C11H17BrN2O. The highest BCUT2D eigenvalue weighted by atomic mass is 79.9. The number of rotatable bonds is 4. The van der Waals surface area contributed by atoms with Gasteiger partial charge in [-0.15, -0.1) is 0 Å². The van der Waals surface area contributed by atoms with Gasteiger partial charge in [0, 0.05) is 36.3 Å². The maximum absolute atomic E-state index is 5.50. The Labute approximate surface area is 98.9 Å². The van der Waals surface area contributed by atoms with Crippen molar-refractivity contribution in [3.8, 4) is 0 Å². The van der Waals surface area contributed by atoms with E-state index < -0.39 is 0 Å². The lowest BCUT2D eigenvalue weighted by Gasteiger charge is -2.24. The molecule has 0 radical (unpaired) electrons. The molecule has 0 bridgehead atoms. The van der Waals surface area contributed by atoms with Gasteiger partial charge in [-0.05, 0) is 25.3 Å². The first kappa shape index (κ1) is 11.1. The van der Waals surface area contributed by atoms with Crippen LogP contribution in [0.4, 0.5) is 0 Å². The van der Waals surface area contributed by atoms with E-state index in [9.17, 15) is 0 Å². The van der Waals surface area contributed by atoms with Crippen molar-refractivity contribution in [1.82, 2.24) is 9.78 Å². The van der Waals surface area contributed by atoms with Gasteiger partial charge in [0.1, 0.15) is 0 Å². The first-order valence-corrected chi connectivity index (χ1v) is 6.48. The molecule has 0 spiro atoms. The molecule has 1 fully saturated rings. The third-order valence-corrected chi connectivity index (χ3v) is 4.49. The second-order valence-electron chi connectivity index (χ2n) is 4.38. The highest BCUT2D eigenvalue weighted by Crippen LogP contribution is 2.35. The minimum Gasteiger partial charge on any atom is -0.381 e. The molecule has 0 aliphatic carbocycles. The second kappa shape index (κ2) is 4.66. The zero-order valence-corrected chi connectivity index (χ0v) is 10.7. The van der Waals surface area contributed by atoms with Crippen LogP contribution in [0.3, 0.4) is 0 Å². The molecule has 0 amide bonds. The summed E-state index contributed by atoms with van der Waals surface area (Å²) in [6.45, 7) is 1.81. The minimum atomic E-state index is 0.351. The van der Waals surface area contributed by atoms with Crippen LogP contribution >= 0.6 is 15.9 Å². The standard InChI is InChI=1S/C11H17BrN2O/c1-14-10(3-6-13-14)2-4-11(8-12)5-7-15-9-11/h3,6H,2,4-5,7-9H2,1H3. The zero-order valence-electron chi connectivity index (χ0n) is 9.08. The fraction of sp³-hybridized carbons (Fsp3) is 0.727. The Hall–Kier alpha value is -0.350. The van der Waals surface area contributed by atoms with Crippen LogP contribution in [0.2, 0.25) is 0 Å². The molecule has 1 aliphatic rings. The molecule has 0 saturated carbocycles. The SMILES string of the molecule is Cn1nccc1CCC1(CBr)CCOC1. The van der Waals surface area contributed by atoms with E-state index >= 15 is 0 Å². The van der Waals surface area contributed by atoms with Gasteiger partial charge in [0.25, 0.3) is 0 Å². The van der Waals surface area contributed by atoms with Crippen molar-refractivity contribution >= 4 is 15.9 Å². The molecule has 2 rings (SSSR count). The summed E-state index contributed by atoms with van der Waals surface area (Å²) < 4.78 is 7.46. The molecule has 1 aromatic rings. The monoisotopic (exact) mass is 272 g/mol. The van der Waals surface area contributed by atoms with Crippen molar-refractivity contribution < 1.29 is 4.74 Å². The fourth-order valence-electron chi connectivity index (χ4n) is 2.06. The van der Waals surface area contributed by atoms with Crippen LogP contribution in [-0.2, 0) is 18.2 Å². The van der Waals surface area contributed by atoms with Gasteiger partial charge >= 0.3 is 0 Å². The van der Waals surface area contributed by atoms with E-state index in [2.05, 4.69) is 27.1 Å². The van der Waals surface area contributed by atoms with Gasteiger partial charge in [0.05, 0.1) is 6.61 Å². The summed E-state index contributed by atoms with van der Waals surface area (Å²) in [5.41, 5.74) is 1.66. The molecule has 1 aromatic heterocycles. The highest BCUT2D eigenvalue weighted by molar-refractivity contribution is 9.09. The van der Waals surface area contributed by atoms with Gasteiger partial charge in [-0.3, -0.25) is 4.68 Å². The maximum atomic E-state index is 5.50. The lowest BCUT2D eigenvalue weighted by molar-refractivity contribution is 0.157. The second-order valence-corrected chi connectivity index (χ2v) is 4.94. The zero-order chi connectivity index (χ0) is 10.7. The number of aryl methyl sites for hydroxylation is 2. The van der Waals surface area contributed by atoms with Gasteiger partial charge < -0.3 is 4.74 Å². The molecule has 4 heteroatoms. The topological polar surface area (TPSA) is 27.1 Å². The molecule has 0 aromatic carbocycles. The Kier molecular flexibility index (Phi) is 3.46. The van der Waals surface area contributed by atoms with Crippen LogP contribution in [0, 0.1) is 5.41 Å². The van der Waals surface area contributed by atoms with E-state index in [1.807, 2.05) is 17.9 Å². The van der Waals surface area contributed by atoms with E-state index in [1.54, 1.807) is 0 Å². The Morgan fingerprint density at radius 1 is 1.67 bits per heavy atom. The van der Waals surface area contributed by atoms with E-state index in [-0.39, 0.29) is 0 Å². The number of alkyl halides is 1. The summed E-state index contributed by atoms with van der Waals surface area (Å²) in [6, 6.07) is 2.09. The third-order valence-electron chi connectivity index (χ3n) is 3.30. The largest absolute Gasteiger partial charge is 0.381 e. The lowest BCUT2D eigenvalue weighted by atomic mass is 9.84. The first-order chi connectivity index (χ1) is 7.26. The van der Waals surface area contributed by atoms with Crippen molar-refractivity contribution in [3.05, 3.63) is 18.0 Å². The number of hydrogen-bond acceptors (Lipinski definition) is 2. The van der Waals surface area contributed by atoms with Crippen LogP contribution in [0.1, 0.15) is 18.5 Å². The smallest absolute Gasteiger partial charge is 0.0531 e. The van der Waals surface area contributed by atoms with Crippen molar-refractivity contribution in [2.75, 3.05) is 18.5 Å². The van der Waals surface area contributed by atoms with Crippen molar-refractivity contribution in [3.63, 3.8) is 0 Å². The summed E-state index contributed by atoms with van der Waals surface area (Å²) in [4.78, 5) is 0. The maximum Gasteiger partial charge on any atom is 0.0531 e. The van der Waals surface area contributed by atoms with E-state index in [4.69, 9.17) is 4.74 Å². The highest BCUT2D eigenvalue weighted by Gasteiger charge is 2.33. The van der Waals surface area contributed by atoms with Crippen LogP contribution in [0.15, 0.2) is 12.3 Å². The average Bonchev–Trinajstić information content (AvgIpc) is 2.85. The van der Waals surface area contributed by atoms with E-state index in [0.717, 1.165) is 25.0 Å². The van der Waals surface area contributed by atoms with E-state index in [1.165, 1.54) is 18.5 Å². The van der Waals surface area contributed by atoms with Crippen LogP contribution in [-0.4, -0.2) is 28.3 Å². The molecule has 15 heavy (non-hydrogen) atoms. The molecule has 3 nitrogen and oxygen atoms in total. The fourth-order valence-corrected chi connectivity index (χ4v) is 2.78. The molecule has 1 aliphatic heterocycles. The quantitative estimate of drug-likeness (QED) is 0.786. The van der Waals surface area contributed by atoms with Crippen molar-refractivity contribution in [2.45, 2.75) is 19.3 Å². The number of hydrogen-bond donors (Lipinski definition) is 0. The average molecular weight is 273 g/mol. The summed E-state index contributed by atoms with van der Waals surface area (Å²) in [6.07, 6.45) is 5.31. The number of halogens is 1. The summed E-state index contributed by atoms with van der Waals surface area (Å²) >= 11 is 3.61. The van der Waals surface area contributed by atoms with Crippen LogP contribution in [0.25, 0.3) is 0 Å². The predicted octanol–water partition coefficient (Wildman–Crippen LogP) is 2.15. The third kappa shape index (κ3) is 2.42.